The van der Waals surface area contributed by atoms with Crippen LogP contribution < -0.4 is 0 Å². The molecule has 4 nitrogen and oxygen atoms in total. The summed E-state index contributed by atoms with van der Waals surface area (Å²) in [6.07, 6.45) is 0. The molecule has 0 aliphatic carbocycles. The molecule has 0 bridgehead atoms. The Morgan fingerprint density at radius 3 is 1.05 bits per heavy atom. The average Bonchev–Trinajstić information content (AvgIpc) is 4.03. The van der Waals surface area contributed by atoms with Crippen molar-refractivity contribution in [1.29, 1.82) is 0 Å². The molecule has 0 N–H and O–H groups in total. The molecule has 4 heteroatoms. The van der Waals surface area contributed by atoms with Crippen molar-refractivity contribution in [2.45, 2.75) is 0 Å². The lowest BCUT2D eigenvalue weighted by Gasteiger charge is -2.16. The Balaban J connectivity index is 1.19. The van der Waals surface area contributed by atoms with E-state index in [2.05, 4.69) is 179 Å². The third-order valence-electron chi connectivity index (χ3n) is 12.6. The van der Waals surface area contributed by atoms with E-state index in [1.165, 1.54) is 64.9 Å². The van der Waals surface area contributed by atoms with E-state index in [9.17, 15) is 0 Å². The van der Waals surface area contributed by atoms with Crippen LogP contribution in [0.5, 0.6) is 0 Å². The van der Waals surface area contributed by atoms with Crippen LogP contribution in [0.2, 0.25) is 0 Å². The first-order chi connectivity index (χ1) is 28.8. The van der Waals surface area contributed by atoms with Crippen molar-refractivity contribution >= 4 is 120 Å². The van der Waals surface area contributed by atoms with Gasteiger partial charge in [-0.25, -0.2) is 0 Å². The average molecular weight is 739 g/mol. The van der Waals surface area contributed by atoms with Crippen LogP contribution in [0.1, 0.15) is 0 Å². The van der Waals surface area contributed by atoms with E-state index in [-0.39, 0.29) is 0 Å². The highest BCUT2D eigenvalue weighted by atomic mass is 16.3. The van der Waals surface area contributed by atoms with Crippen LogP contribution in [-0.4, -0.2) is 9.13 Å². The molecule has 0 atom stereocenters. The lowest BCUT2D eigenvalue weighted by Crippen LogP contribution is -1.96. The first-order valence-electron chi connectivity index (χ1n) is 19.8. The van der Waals surface area contributed by atoms with E-state index in [0.717, 1.165) is 66.3 Å². The second-order valence-electron chi connectivity index (χ2n) is 15.6. The minimum atomic E-state index is 0.885. The first-order valence-corrected chi connectivity index (χ1v) is 19.8. The maximum atomic E-state index is 6.48. The molecule has 10 aromatic carbocycles. The predicted molar refractivity (Wildman–Crippen MR) is 242 cm³/mol. The van der Waals surface area contributed by atoms with E-state index >= 15 is 0 Å². The topological polar surface area (TPSA) is 36.1 Å². The number of hydrogen-bond acceptors (Lipinski definition) is 2. The quantitative estimate of drug-likeness (QED) is 0.166. The number of aromatic nitrogens is 2. The number of nitrogens with zero attached hydrogens (tertiary/aromatic N) is 2. The molecule has 58 heavy (non-hydrogen) atoms. The lowest BCUT2D eigenvalue weighted by molar-refractivity contribution is 0.668. The van der Waals surface area contributed by atoms with E-state index in [1.54, 1.807) is 0 Å². The zero-order valence-electron chi connectivity index (χ0n) is 31.0. The molecular formula is C54H30N2O2. The Kier molecular flexibility index (Phi) is 5.73. The smallest absolute Gasteiger partial charge is 0.137 e. The molecule has 4 heterocycles. The van der Waals surface area contributed by atoms with Gasteiger partial charge in [-0.15, -0.1) is 0 Å². The Hall–Kier alpha value is -7.82. The fourth-order valence-electron chi connectivity index (χ4n) is 10.3. The van der Waals surface area contributed by atoms with Crippen molar-refractivity contribution in [2.75, 3.05) is 0 Å². The van der Waals surface area contributed by atoms with Gasteiger partial charge in [0.1, 0.15) is 22.3 Å². The minimum Gasteiger partial charge on any atom is -0.456 e. The molecule has 14 aromatic rings. The Bertz CT molecular complexity index is 3830. The van der Waals surface area contributed by atoms with Gasteiger partial charge in [-0.2, -0.15) is 0 Å². The summed E-state index contributed by atoms with van der Waals surface area (Å²) >= 11 is 0. The number of rotatable bonds is 2. The molecule has 0 amide bonds. The third-order valence-corrected chi connectivity index (χ3v) is 12.6. The molecule has 0 fully saturated rings. The van der Waals surface area contributed by atoms with Crippen molar-refractivity contribution in [2.24, 2.45) is 0 Å². The summed E-state index contributed by atoms with van der Waals surface area (Å²) in [7, 11) is 0. The molecule has 268 valence electrons. The normalized spacial score (nSPS) is 12.5. The fraction of sp³-hybridized carbons (Fsp3) is 0. The standard InChI is InChI=1S/C54H30N2O2/c1-3-17-39-37(15-1)49-50(52-42-20-6-10-22-44(42)55(53(39)52)31-25-27-35-33-13-7-11-23-45(33)57-47(35)29-31)38-16-2-4-18-40(38)54-51(49)41-19-5-9-21-43(41)56(54)32-26-28-36-34-14-8-12-24-46(34)58-48(36)30-32/h1-30H. The number of fused-ring (bicyclic) bond motifs is 21. The Morgan fingerprint density at radius 1 is 0.259 bits per heavy atom. The van der Waals surface area contributed by atoms with Crippen molar-refractivity contribution in [3.05, 3.63) is 182 Å². The predicted octanol–water partition coefficient (Wildman–Crippen LogP) is 15.1. The Morgan fingerprint density at radius 2 is 0.603 bits per heavy atom. The maximum Gasteiger partial charge on any atom is 0.137 e. The van der Waals surface area contributed by atoms with Gasteiger partial charge >= 0.3 is 0 Å². The van der Waals surface area contributed by atoms with Crippen LogP contribution >= 0.6 is 0 Å². The van der Waals surface area contributed by atoms with E-state index in [1.807, 2.05) is 12.1 Å². The minimum absolute atomic E-state index is 0.885. The summed E-state index contributed by atoms with van der Waals surface area (Å²) in [4.78, 5) is 0. The van der Waals surface area contributed by atoms with Crippen LogP contribution in [-0.2, 0) is 0 Å². The van der Waals surface area contributed by atoms with Crippen LogP contribution in [0, 0.1) is 0 Å². The molecule has 0 saturated carbocycles. The summed E-state index contributed by atoms with van der Waals surface area (Å²) in [5.41, 5.74) is 10.4. The second-order valence-corrected chi connectivity index (χ2v) is 15.6. The molecule has 14 rings (SSSR count). The molecule has 0 aliphatic heterocycles. The number of hydrogen-bond donors (Lipinski definition) is 0. The molecule has 0 spiro atoms. The van der Waals surface area contributed by atoms with E-state index in [0.29, 0.717) is 0 Å². The molecule has 4 aromatic heterocycles. The summed E-state index contributed by atoms with van der Waals surface area (Å²) < 4.78 is 17.9. The van der Waals surface area contributed by atoms with Gasteiger partial charge in [-0.05, 0) is 59.3 Å². The third kappa shape index (κ3) is 3.79. The zero-order chi connectivity index (χ0) is 37.6. The van der Waals surface area contributed by atoms with Crippen LogP contribution in [0.15, 0.2) is 191 Å². The number of para-hydroxylation sites is 4. The fourth-order valence-corrected chi connectivity index (χ4v) is 10.3. The molecule has 0 saturated heterocycles. The molecule has 0 radical (unpaired) electrons. The van der Waals surface area contributed by atoms with Gasteiger partial charge in [0.25, 0.3) is 0 Å². The number of furan rings is 2. The summed E-state index contributed by atoms with van der Waals surface area (Å²) in [6.45, 7) is 0. The van der Waals surface area contributed by atoms with Gasteiger partial charge in [0.05, 0.1) is 22.1 Å². The van der Waals surface area contributed by atoms with Gasteiger partial charge in [0, 0.05) is 88.1 Å². The summed E-state index contributed by atoms with van der Waals surface area (Å²) in [5.74, 6) is 0. The van der Waals surface area contributed by atoms with Crippen molar-refractivity contribution in [1.82, 2.24) is 9.13 Å². The van der Waals surface area contributed by atoms with Crippen LogP contribution in [0.25, 0.3) is 131 Å². The zero-order valence-corrected chi connectivity index (χ0v) is 31.0. The molecule has 0 aliphatic rings. The number of benzene rings is 10. The second kappa shape index (κ2) is 10.9. The van der Waals surface area contributed by atoms with Crippen molar-refractivity contribution in [3.63, 3.8) is 0 Å². The monoisotopic (exact) mass is 738 g/mol. The highest BCUT2D eigenvalue weighted by Crippen LogP contribution is 2.50. The van der Waals surface area contributed by atoms with Crippen molar-refractivity contribution in [3.8, 4) is 11.4 Å². The highest BCUT2D eigenvalue weighted by Gasteiger charge is 2.26. The van der Waals surface area contributed by atoms with Gasteiger partial charge in [0.2, 0.25) is 0 Å². The molecular weight excluding hydrogens is 709 g/mol. The van der Waals surface area contributed by atoms with E-state index < -0.39 is 0 Å². The lowest BCUT2D eigenvalue weighted by atomic mass is 9.89. The van der Waals surface area contributed by atoms with Crippen LogP contribution in [0.4, 0.5) is 0 Å². The van der Waals surface area contributed by atoms with Crippen LogP contribution in [0.3, 0.4) is 0 Å². The van der Waals surface area contributed by atoms with Gasteiger partial charge in [-0.1, -0.05) is 121 Å². The first kappa shape index (κ1) is 30.4. The highest BCUT2D eigenvalue weighted by molar-refractivity contribution is 6.45. The summed E-state index contributed by atoms with van der Waals surface area (Å²) in [6, 6.07) is 65.8. The largest absolute Gasteiger partial charge is 0.456 e. The van der Waals surface area contributed by atoms with Gasteiger partial charge in [0.15, 0.2) is 0 Å². The SMILES string of the molecule is c1ccc2c(c1)oc1cc(-n3c4ccccc4c4c5c6ccccc6c6c(c7ccccc7n6-c6ccc7c(c6)oc6ccccc67)c5c5ccccc5c43)ccc12. The van der Waals surface area contributed by atoms with E-state index in [4.69, 9.17) is 8.83 Å². The van der Waals surface area contributed by atoms with Crippen molar-refractivity contribution < 1.29 is 8.83 Å². The maximum absolute atomic E-state index is 6.48. The van der Waals surface area contributed by atoms with Gasteiger partial charge in [-0.3, -0.25) is 0 Å². The summed E-state index contributed by atoms with van der Waals surface area (Å²) in [5, 5.41) is 16.9. The molecule has 0 unspecified atom stereocenters. The Labute approximate surface area is 329 Å². The van der Waals surface area contributed by atoms with Gasteiger partial charge < -0.3 is 18.0 Å².